The van der Waals surface area contributed by atoms with E-state index in [1.807, 2.05) is 6.07 Å². The van der Waals surface area contributed by atoms with Gasteiger partial charge >= 0.3 is 0 Å². The van der Waals surface area contributed by atoms with E-state index in [-0.39, 0.29) is 17.3 Å². The van der Waals surface area contributed by atoms with Gasteiger partial charge in [0, 0.05) is 18.7 Å². The van der Waals surface area contributed by atoms with Crippen molar-refractivity contribution in [2.75, 3.05) is 17.7 Å². The van der Waals surface area contributed by atoms with E-state index >= 15 is 0 Å². The predicted octanol–water partition coefficient (Wildman–Crippen LogP) is 1.53. The molecule has 1 aromatic carbocycles. The first-order valence-corrected chi connectivity index (χ1v) is 6.76. The number of aromatic amines is 1. The van der Waals surface area contributed by atoms with Crippen LogP contribution in [-0.4, -0.2) is 33.6 Å². The summed E-state index contributed by atoms with van der Waals surface area (Å²) in [5.74, 6) is 0.649. The predicted molar refractivity (Wildman–Crippen MR) is 83.3 cm³/mol. The highest BCUT2D eigenvalue weighted by atomic mass is 16.5. The molecule has 118 valence electrons. The Labute approximate surface area is 132 Å². The molecular formula is C14H15N7O2. The molecule has 0 aliphatic rings. The second-order valence-electron chi connectivity index (χ2n) is 4.36. The summed E-state index contributed by atoms with van der Waals surface area (Å²) in [4.78, 5) is 11.6. The molecule has 0 saturated heterocycles. The van der Waals surface area contributed by atoms with Gasteiger partial charge in [-0.05, 0) is 17.3 Å². The van der Waals surface area contributed by atoms with Crippen LogP contribution in [0.5, 0.6) is 5.75 Å². The fraction of sp³-hybridized carbons (Fsp3) is 0.214. The maximum Gasteiger partial charge on any atom is 0.224 e. The maximum absolute atomic E-state index is 11.6. The van der Waals surface area contributed by atoms with Crippen molar-refractivity contribution in [3.05, 3.63) is 30.2 Å². The van der Waals surface area contributed by atoms with Crippen LogP contribution >= 0.6 is 0 Å². The highest BCUT2D eigenvalue weighted by molar-refractivity contribution is 5.94. The van der Waals surface area contributed by atoms with E-state index in [1.165, 1.54) is 6.20 Å². The van der Waals surface area contributed by atoms with Crippen LogP contribution in [0, 0.1) is 11.3 Å². The minimum Gasteiger partial charge on any atom is -0.497 e. The lowest BCUT2D eigenvalue weighted by Crippen LogP contribution is -2.11. The minimum atomic E-state index is -0.124. The lowest BCUT2D eigenvalue weighted by atomic mass is 10.2. The van der Waals surface area contributed by atoms with E-state index in [0.29, 0.717) is 23.5 Å². The number of methoxy groups -OCH3 is 1. The van der Waals surface area contributed by atoms with E-state index in [9.17, 15) is 4.79 Å². The highest BCUT2D eigenvalue weighted by Crippen LogP contribution is 2.27. The lowest BCUT2D eigenvalue weighted by Gasteiger charge is -2.12. The van der Waals surface area contributed by atoms with Gasteiger partial charge in [0.15, 0.2) is 0 Å². The molecule has 0 unspecified atom stereocenters. The summed E-state index contributed by atoms with van der Waals surface area (Å²) in [6.45, 7) is 1.76. The number of nitrogens with zero attached hydrogens (tertiary/aromatic N) is 4. The van der Waals surface area contributed by atoms with Crippen LogP contribution in [0.3, 0.4) is 0 Å². The van der Waals surface area contributed by atoms with Crippen molar-refractivity contribution < 1.29 is 9.53 Å². The van der Waals surface area contributed by atoms with Gasteiger partial charge < -0.3 is 15.4 Å². The molecule has 0 atom stereocenters. The van der Waals surface area contributed by atoms with E-state index in [1.54, 1.807) is 32.2 Å². The molecule has 23 heavy (non-hydrogen) atoms. The van der Waals surface area contributed by atoms with Crippen LogP contribution in [0.2, 0.25) is 0 Å². The number of amides is 1. The Morgan fingerprint density at radius 2 is 2.30 bits per heavy atom. The fourth-order valence-corrected chi connectivity index (χ4v) is 1.69. The molecule has 2 aromatic rings. The molecule has 0 spiro atoms. The zero-order valence-corrected chi connectivity index (χ0v) is 12.6. The van der Waals surface area contributed by atoms with Gasteiger partial charge in [0.2, 0.25) is 11.7 Å². The Balaban J connectivity index is 2.29. The number of hydrogen-bond donors (Lipinski definition) is 3. The zero-order valence-electron chi connectivity index (χ0n) is 12.6. The second kappa shape index (κ2) is 7.56. The first-order chi connectivity index (χ1) is 11.2. The number of allylic oxidation sites excluding steroid dienone is 1. The number of rotatable bonds is 6. The topological polar surface area (TPSA) is 129 Å². The number of ether oxygens (including phenoxy) is 1. The summed E-state index contributed by atoms with van der Waals surface area (Å²) in [6, 6.07) is 7.11. The first-order valence-electron chi connectivity index (χ1n) is 6.76. The van der Waals surface area contributed by atoms with Crippen LogP contribution < -0.4 is 15.4 Å². The summed E-state index contributed by atoms with van der Waals surface area (Å²) < 4.78 is 5.17. The molecule has 0 aliphatic heterocycles. The number of carbonyl (C=O) groups is 1. The van der Waals surface area contributed by atoms with Crippen LogP contribution in [0.4, 0.5) is 11.4 Å². The Hall–Kier alpha value is -3.41. The number of benzene rings is 1. The van der Waals surface area contributed by atoms with E-state index < -0.39 is 0 Å². The zero-order chi connectivity index (χ0) is 16.7. The fourth-order valence-electron chi connectivity index (χ4n) is 1.69. The maximum atomic E-state index is 11.6. The molecule has 9 heteroatoms. The second-order valence-corrected chi connectivity index (χ2v) is 4.36. The average Bonchev–Trinajstić information content (AvgIpc) is 3.10. The molecular weight excluding hydrogens is 298 g/mol. The van der Waals surface area contributed by atoms with Crippen LogP contribution in [-0.2, 0) is 4.79 Å². The number of tetrazole rings is 1. The van der Waals surface area contributed by atoms with Crippen molar-refractivity contribution in [3.8, 4) is 11.8 Å². The molecule has 3 N–H and O–H groups in total. The number of nitriles is 1. The average molecular weight is 313 g/mol. The van der Waals surface area contributed by atoms with Gasteiger partial charge in [-0.1, -0.05) is 6.92 Å². The van der Waals surface area contributed by atoms with Crippen molar-refractivity contribution in [2.24, 2.45) is 0 Å². The summed E-state index contributed by atoms with van der Waals surface area (Å²) in [7, 11) is 1.54. The normalized spacial score (nSPS) is 10.7. The quantitative estimate of drug-likeness (QED) is 0.690. The lowest BCUT2D eigenvalue weighted by molar-refractivity contribution is -0.115. The van der Waals surface area contributed by atoms with Gasteiger partial charge in [-0.3, -0.25) is 4.79 Å². The van der Waals surface area contributed by atoms with E-state index in [4.69, 9.17) is 10.00 Å². The molecule has 1 amide bonds. The van der Waals surface area contributed by atoms with Gasteiger partial charge in [-0.25, -0.2) is 0 Å². The van der Waals surface area contributed by atoms with Gasteiger partial charge in [-0.15, -0.1) is 10.2 Å². The molecule has 0 saturated carbocycles. The third-order valence-electron chi connectivity index (χ3n) is 2.90. The first kappa shape index (κ1) is 16.0. The van der Waals surface area contributed by atoms with Crippen molar-refractivity contribution in [1.29, 1.82) is 5.26 Å². The SMILES string of the molecule is CCC(=O)Nc1ccc(OC)cc1NC=C(C#N)c1nn[nH]n1. The number of aromatic nitrogens is 4. The smallest absolute Gasteiger partial charge is 0.224 e. The summed E-state index contributed by atoms with van der Waals surface area (Å²) in [6.07, 6.45) is 1.79. The number of hydrogen-bond acceptors (Lipinski definition) is 7. The Bertz CT molecular complexity index is 747. The molecule has 1 heterocycles. The van der Waals surface area contributed by atoms with Crippen molar-refractivity contribution in [3.63, 3.8) is 0 Å². The van der Waals surface area contributed by atoms with Gasteiger partial charge in [0.25, 0.3) is 0 Å². The molecule has 0 fully saturated rings. The van der Waals surface area contributed by atoms with Crippen LogP contribution in [0.1, 0.15) is 19.2 Å². The van der Waals surface area contributed by atoms with Crippen molar-refractivity contribution in [2.45, 2.75) is 13.3 Å². The van der Waals surface area contributed by atoms with Crippen LogP contribution in [0.25, 0.3) is 5.57 Å². The monoisotopic (exact) mass is 313 g/mol. The Morgan fingerprint density at radius 3 is 2.91 bits per heavy atom. The van der Waals surface area contributed by atoms with E-state index in [2.05, 4.69) is 31.3 Å². The number of nitrogens with one attached hydrogen (secondary N) is 3. The molecule has 0 bridgehead atoms. The molecule has 9 nitrogen and oxygen atoms in total. The Kier molecular flexibility index (Phi) is 5.25. The van der Waals surface area contributed by atoms with Crippen molar-refractivity contribution in [1.82, 2.24) is 20.6 Å². The highest BCUT2D eigenvalue weighted by Gasteiger charge is 2.09. The summed E-state index contributed by atoms with van der Waals surface area (Å²) >= 11 is 0. The van der Waals surface area contributed by atoms with Crippen LogP contribution in [0.15, 0.2) is 24.4 Å². The standard InChI is InChI=1S/C14H15N7O2/c1-3-13(22)17-11-5-4-10(23-2)6-12(11)16-8-9(7-15)14-18-20-21-19-14/h4-6,8,16H,3H2,1-2H3,(H,17,22)(H,18,19,20,21). The van der Waals surface area contributed by atoms with Gasteiger partial charge in [0.05, 0.1) is 18.5 Å². The molecule has 0 aliphatic carbocycles. The van der Waals surface area contributed by atoms with Gasteiger partial charge in [0.1, 0.15) is 17.4 Å². The Morgan fingerprint density at radius 1 is 1.48 bits per heavy atom. The molecule has 2 rings (SSSR count). The number of H-pyrrole nitrogens is 1. The van der Waals surface area contributed by atoms with Gasteiger partial charge in [-0.2, -0.15) is 10.5 Å². The number of anilines is 2. The van der Waals surface area contributed by atoms with E-state index in [0.717, 1.165) is 0 Å². The molecule has 1 aromatic heterocycles. The number of carbonyl (C=O) groups excluding carboxylic acids is 1. The minimum absolute atomic E-state index is 0.124. The molecule has 0 radical (unpaired) electrons. The summed E-state index contributed by atoms with van der Waals surface area (Å²) in [5.41, 5.74) is 1.33. The van der Waals surface area contributed by atoms with Crippen molar-refractivity contribution >= 4 is 22.9 Å². The third-order valence-corrected chi connectivity index (χ3v) is 2.90. The summed E-state index contributed by atoms with van der Waals surface area (Å²) in [5, 5.41) is 28.1. The third kappa shape index (κ3) is 4.04. The largest absolute Gasteiger partial charge is 0.497 e.